The summed E-state index contributed by atoms with van der Waals surface area (Å²) < 4.78 is 5.73. The van der Waals surface area contributed by atoms with Gasteiger partial charge in [0.25, 0.3) is 0 Å². The Balaban J connectivity index is 1.76. The van der Waals surface area contributed by atoms with Crippen LogP contribution in [0.25, 0.3) is 0 Å². The van der Waals surface area contributed by atoms with Crippen LogP contribution in [0, 0.1) is 0 Å². The Morgan fingerprint density at radius 2 is 1.59 bits per heavy atom. The minimum atomic E-state index is -0.173. The summed E-state index contributed by atoms with van der Waals surface area (Å²) in [5, 5.41) is 5.62. The van der Waals surface area contributed by atoms with Gasteiger partial charge in [-0.05, 0) is 50.7 Å². The van der Waals surface area contributed by atoms with Gasteiger partial charge in [0.15, 0.2) is 0 Å². The average molecular weight is 369 g/mol. The van der Waals surface area contributed by atoms with Crippen LogP contribution in [0.4, 0.5) is 5.69 Å². The lowest BCUT2D eigenvalue weighted by Gasteiger charge is -2.17. The second-order valence-electron chi connectivity index (χ2n) is 6.74. The molecule has 144 valence electrons. The van der Waals surface area contributed by atoms with Gasteiger partial charge in [-0.3, -0.25) is 14.5 Å². The fourth-order valence-electron chi connectivity index (χ4n) is 2.49. The molecule has 0 atom stereocenters. The van der Waals surface area contributed by atoms with Crippen molar-refractivity contribution in [1.29, 1.82) is 0 Å². The van der Waals surface area contributed by atoms with Crippen LogP contribution in [0.1, 0.15) is 19.4 Å². The first kappa shape index (κ1) is 20.5. The lowest BCUT2D eigenvalue weighted by atomic mass is 10.2. The van der Waals surface area contributed by atoms with Crippen molar-refractivity contribution in [3.63, 3.8) is 0 Å². The molecule has 6 heteroatoms. The summed E-state index contributed by atoms with van der Waals surface area (Å²) in [7, 11) is 1.74. The highest BCUT2D eigenvalue weighted by molar-refractivity contribution is 5.92. The predicted molar refractivity (Wildman–Crippen MR) is 107 cm³/mol. The number of amides is 2. The molecule has 0 fully saturated rings. The van der Waals surface area contributed by atoms with Crippen molar-refractivity contribution in [2.24, 2.45) is 0 Å². The lowest BCUT2D eigenvalue weighted by molar-refractivity contribution is -0.123. The minimum Gasteiger partial charge on any atom is -0.489 e. The SMILES string of the molecule is CC(C)NC(=O)CN(C)CC(=O)Nc1ccc(OCc2ccccc2)cc1. The topological polar surface area (TPSA) is 70.7 Å². The summed E-state index contributed by atoms with van der Waals surface area (Å²) in [4.78, 5) is 25.5. The van der Waals surface area contributed by atoms with Gasteiger partial charge in [0.05, 0.1) is 13.1 Å². The van der Waals surface area contributed by atoms with Crippen LogP contribution >= 0.6 is 0 Å². The number of carbonyl (C=O) groups excluding carboxylic acids is 2. The molecule has 6 nitrogen and oxygen atoms in total. The Labute approximate surface area is 160 Å². The molecule has 0 heterocycles. The number of nitrogens with zero attached hydrogens (tertiary/aromatic N) is 1. The maximum Gasteiger partial charge on any atom is 0.238 e. The zero-order valence-electron chi connectivity index (χ0n) is 16.1. The van der Waals surface area contributed by atoms with E-state index in [1.807, 2.05) is 56.3 Å². The molecule has 2 rings (SSSR count). The summed E-state index contributed by atoms with van der Waals surface area (Å²) in [6, 6.07) is 17.2. The Kier molecular flexibility index (Phi) is 7.82. The van der Waals surface area contributed by atoms with E-state index in [0.29, 0.717) is 12.3 Å². The largest absolute Gasteiger partial charge is 0.489 e. The zero-order chi connectivity index (χ0) is 19.6. The van der Waals surface area contributed by atoms with Crippen LogP contribution in [0.5, 0.6) is 5.75 Å². The molecule has 0 saturated heterocycles. The van der Waals surface area contributed by atoms with E-state index in [0.717, 1.165) is 11.3 Å². The Bertz CT molecular complexity index is 730. The second-order valence-corrected chi connectivity index (χ2v) is 6.74. The van der Waals surface area contributed by atoms with E-state index in [9.17, 15) is 9.59 Å². The highest BCUT2D eigenvalue weighted by Gasteiger charge is 2.11. The quantitative estimate of drug-likeness (QED) is 0.713. The molecule has 0 aromatic heterocycles. The maximum absolute atomic E-state index is 12.1. The molecule has 2 N–H and O–H groups in total. The average Bonchev–Trinajstić information content (AvgIpc) is 2.61. The van der Waals surface area contributed by atoms with E-state index in [-0.39, 0.29) is 30.9 Å². The van der Waals surface area contributed by atoms with Crippen molar-refractivity contribution < 1.29 is 14.3 Å². The number of carbonyl (C=O) groups is 2. The summed E-state index contributed by atoms with van der Waals surface area (Å²) in [5.41, 5.74) is 1.78. The molecular formula is C21H27N3O3. The number of nitrogens with one attached hydrogen (secondary N) is 2. The third-order valence-corrected chi connectivity index (χ3v) is 3.66. The highest BCUT2D eigenvalue weighted by Crippen LogP contribution is 2.17. The first-order valence-corrected chi connectivity index (χ1v) is 8.97. The predicted octanol–water partition coefficient (Wildman–Crippen LogP) is 2.66. The third kappa shape index (κ3) is 7.92. The molecule has 0 aliphatic heterocycles. The van der Waals surface area contributed by atoms with E-state index in [2.05, 4.69) is 10.6 Å². The summed E-state index contributed by atoms with van der Waals surface area (Å²) in [6.07, 6.45) is 0. The molecule has 2 aromatic carbocycles. The van der Waals surface area contributed by atoms with Crippen LogP contribution < -0.4 is 15.4 Å². The normalized spacial score (nSPS) is 10.7. The molecule has 0 unspecified atom stereocenters. The van der Waals surface area contributed by atoms with Gasteiger partial charge in [-0.1, -0.05) is 30.3 Å². The molecule has 0 saturated carbocycles. The molecule has 0 radical (unpaired) electrons. The van der Waals surface area contributed by atoms with Crippen molar-refractivity contribution in [2.75, 3.05) is 25.5 Å². The fourth-order valence-corrected chi connectivity index (χ4v) is 2.49. The van der Waals surface area contributed by atoms with Crippen molar-refractivity contribution in [2.45, 2.75) is 26.5 Å². The van der Waals surface area contributed by atoms with E-state index < -0.39 is 0 Å². The number of hydrogen-bond acceptors (Lipinski definition) is 4. The molecular weight excluding hydrogens is 342 g/mol. The summed E-state index contributed by atoms with van der Waals surface area (Å²) >= 11 is 0. The van der Waals surface area contributed by atoms with Crippen LogP contribution in [-0.4, -0.2) is 42.9 Å². The minimum absolute atomic E-state index is 0.0855. The van der Waals surface area contributed by atoms with E-state index in [1.54, 1.807) is 24.1 Å². The van der Waals surface area contributed by atoms with Gasteiger partial charge >= 0.3 is 0 Å². The molecule has 0 aliphatic carbocycles. The van der Waals surface area contributed by atoms with Crippen molar-refractivity contribution >= 4 is 17.5 Å². The lowest BCUT2D eigenvalue weighted by Crippen LogP contribution is -2.41. The van der Waals surface area contributed by atoms with E-state index in [1.165, 1.54) is 0 Å². The van der Waals surface area contributed by atoms with Gasteiger partial charge in [0.2, 0.25) is 11.8 Å². The van der Waals surface area contributed by atoms with Crippen molar-refractivity contribution in [3.8, 4) is 5.75 Å². The van der Waals surface area contributed by atoms with Crippen molar-refractivity contribution in [3.05, 3.63) is 60.2 Å². The van der Waals surface area contributed by atoms with Gasteiger partial charge < -0.3 is 15.4 Å². The van der Waals surface area contributed by atoms with Gasteiger partial charge in [0.1, 0.15) is 12.4 Å². The Hall–Kier alpha value is -2.86. The van der Waals surface area contributed by atoms with Gasteiger partial charge in [0, 0.05) is 11.7 Å². The number of likely N-dealkylation sites (N-methyl/N-ethyl adjacent to an activating group) is 1. The molecule has 0 bridgehead atoms. The van der Waals surface area contributed by atoms with Crippen LogP contribution in [-0.2, 0) is 16.2 Å². The fraction of sp³-hybridized carbons (Fsp3) is 0.333. The molecule has 0 spiro atoms. The monoisotopic (exact) mass is 369 g/mol. The van der Waals surface area contributed by atoms with E-state index >= 15 is 0 Å². The van der Waals surface area contributed by atoms with Crippen LogP contribution in [0.15, 0.2) is 54.6 Å². The molecule has 27 heavy (non-hydrogen) atoms. The van der Waals surface area contributed by atoms with Crippen LogP contribution in [0.2, 0.25) is 0 Å². The third-order valence-electron chi connectivity index (χ3n) is 3.66. The maximum atomic E-state index is 12.1. The van der Waals surface area contributed by atoms with E-state index in [4.69, 9.17) is 4.74 Å². The smallest absolute Gasteiger partial charge is 0.238 e. The molecule has 2 aromatic rings. The number of rotatable bonds is 9. The first-order valence-electron chi connectivity index (χ1n) is 8.97. The number of ether oxygens (including phenoxy) is 1. The standard InChI is InChI=1S/C21H27N3O3/c1-16(2)22-20(25)13-24(3)14-21(26)23-18-9-11-19(12-10-18)27-15-17-7-5-4-6-8-17/h4-12,16H,13-15H2,1-3H3,(H,22,25)(H,23,26). The highest BCUT2D eigenvalue weighted by atomic mass is 16.5. The van der Waals surface area contributed by atoms with Crippen LogP contribution in [0.3, 0.4) is 0 Å². The van der Waals surface area contributed by atoms with Gasteiger partial charge in [-0.2, -0.15) is 0 Å². The number of benzene rings is 2. The number of anilines is 1. The van der Waals surface area contributed by atoms with Gasteiger partial charge in [-0.15, -0.1) is 0 Å². The van der Waals surface area contributed by atoms with Gasteiger partial charge in [-0.25, -0.2) is 0 Å². The summed E-state index contributed by atoms with van der Waals surface area (Å²) in [6.45, 7) is 4.61. The zero-order valence-corrected chi connectivity index (χ0v) is 16.1. The molecule has 0 aliphatic rings. The summed E-state index contributed by atoms with van der Waals surface area (Å²) in [5.74, 6) is 0.465. The Morgan fingerprint density at radius 1 is 0.963 bits per heavy atom. The number of hydrogen-bond donors (Lipinski definition) is 2. The molecule has 2 amide bonds. The Morgan fingerprint density at radius 3 is 2.22 bits per heavy atom. The second kappa shape index (κ2) is 10.3. The first-order chi connectivity index (χ1) is 12.9. The van der Waals surface area contributed by atoms with Crippen molar-refractivity contribution in [1.82, 2.24) is 10.2 Å².